The van der Waals surface area contributed by atoms with Crippen molar-refractivity contribution in [3.63, 3.8) is 0 Å². The van der Waals surface area contributed by atoms with Gasteiger partial charge in [-0.25, -0.2) is 9.97 Å². The molecule has 6 nitrogen and oxygen atoms in total. The molecule has 1 aromatic heterocycles. The first-order valence-electron chi connectivity index (χ1n) is 10.9. The molecule has 0 radical (unpaired) electrons. The SMILES string of the molecule is Cc1ccc(CN2CCN(Cc3ccc(Oc4ncccn4)cc3)CC2CCO)cc1. The van der Waals surface area contributed by atoms with Gasteiger partial charge in [-0.3, -0.25) is 9.80 Å². The molecule has 1 fully saturated rings. The van der Waals surface area contributed by atoms with Crippen LogP contribution in [0.15, 0.2) is 67.0 Å². The largest absolute Gasteiger partial charge is 0.424 e. The van der Waals surface area contributed by atoms with Crippen LogP contribution in [-0.4, -0.2) is 57.2 Å². The fourth-order valence-electron chi connectivity index (χ4n) is 4.02. The Balaban J connectivity index is 1.33. The van der Waals surface area contributed by atoms with Gasteiger partial charge in [-0.15, -0.1) is 0 Å². The lowest BCUT2D eigenvalue weighted by Gasteiger charge is -2.41. The summed E-state index contributed by atoms with van der Waals surface area (Å²) < 4.78 is 5.68. The number of aliphatic hydroxyl groups is 1. The Morgan fingerprint density at radius 1 is 0.935 bits per heavy atom. The van der Waals surface area contributed by atoms with E-state index in [1.807, 2.05) is 12.1 Å². The minimum atomic E-state index is 0.219. The minimum Gasteiger partial charge on any atom is -0.424 e. The first kappa shape index (κ1) is 21.4. The molecule has 0 saturated carbocycles. The van der Waals surface area contributed by atoms with Crippen molar-refractivity contribution in [2.45, 2.75) is 32.5 Å². The van der Waals surface area contributed by atoms with Crippen LogP contribution in [0.25, 0.3) is 0 Å². The van der Waals surface area contributed by atoms with Crippen LogP contribution in [0.4, 0.5) is 0 Å². The van der Waals surface area contributed by atoms with Crippen LogP contribution in [0.1, 0.15) is 23.1 Å². The van der Waals surface area contributed by atoms with Crippen molar-refractivity contribution in [2.24, 2.45) is 0 Å². The van der Waals surface area contributed by atoms with Crippen LogP contribution in [0, 0.1) is 6.92 Å². The summed E-state index contributed by atoms with van der Waals surface area (Å²) in [5.41, 5.74) is 3.87. The lowest BCUT2D eigenvalue weighted by molar-refractivity contribution is 0.0500. The first-order chi connectivity index (χ1) is 15.2. The van der Waals surface area contributed by atoms with E-state index in [1.54, 1.807) is 18.5 Å². The molecule has 31 heavy (non-hydrogen) atoms. The third-order valence-electron chi connectivity index (χ3n) is 5.74. The van der Waals surface area contributed by atoms with E-state index in [0.717, 1.165) is 44.9 Å². The van der Waals surface area contributed by atoms with E-state index in [2.05, 4.69) is 63.1 Å². The molecule has 1 aliphatic heterocycles. The lowest BCUT2D eigenvalue weighted by atomic mass is 10.1. The molecule has 1 N–H and O–H groups in total. The average Bonchev–Trinajstić information content (AvgIpc) is 2.79. The predicted molar refractivity (Wildman–Crippen MR) is 121 cm³/mol. The molecule has 0 aliphatic carbocycles. The van der Waals surface area contributed by atoms with Crippen molar-refractivity contribution in [1.29, 1.82) is 0 Å². The molecule has 4 rings (SSSR count). The van der Waals surface area contributed by atoms with Gasteiger partial charge in [0.05, 0.1) is 0 Å². The van der Waals surface area contributed by atoms with Crippen molar-refractivity contribution >= 4 is 0 Å². The zero-order valence-electron chi connectivity index (χ0n) is 18.0. The van der Waals surface area contributed by atoms with Crippen molar-refractivity contribution in [3.05, 3.63) is 83.7 Å². The second-order valence-corrected chi connectivity index (χ2v) is 8.13. The van der Waals surface area contributed by atoms with Crippen molar-refractivity contribution in [2.75, 3.05) is 26.2 Å². The van der Waals surface area contributed by atoms with E-state index in [1.165, 1.54) is 16.7 Å². The zero-order chi connectivity index (χ0) is 21.5. The van der Waals surface area contributed by atoms with E-state index in [9.17, 15) is 5.11 Å². The molecule has 1 saturated heterocycles. The highest BCUT2D eigenvalue weighted by molar-refractivity contribution is 5.29. The zero-order valence-corrected chi connectivity index (χ0v) is 18.0. The van der Waals surface area contributed by atoms with Gasteiger partial charge < -0.3 is 9.84 Å². The Bertz CT molecular complexity index is 932. The number of aliphatic hydroxyl groups excluding tert-OH is 1. The normalized spacial score (nSPS) is 17.5. The van der Waals surface area contributed by atoms with Crippen molar-refractivity contribution in [3.8, 4) is 11.8 Å². The van der Waals surface area contributed by atoms with Gasteiger partial charge in [0.25, 0.3) is 0 Å². The molecule has 0 spiro atoms. The Hall–Kier alpha value is -2.80. The maximum Gasteiger partial charge on any atom is 0.321 e. The van der Waals surface area contributed by atoms with E-state index in [0.29, 0.717) is 12.1 Å². The summed E-state index contributed by atoms with van der Waals surface area (Å²) in [6, 6.07) is 19.4. The maximum atomic E-state index is 9.60. The third kappa shape index (κ3) is 6.10. The molecule has 1 unspecified atom stereocenters. The van der Waals surface area contributed by atoms with E-state index >= 15 is 0 Å². The van der Waals surface area contributed by atoms with Crippen LogP contribution in [0.5, 0.6) is 11.8 Å². The van der Waals surface area contributed by atoms with Crippen LogP contribution in [0.3, 0.4) is 0 Å². The number of ether oxygens (including phenoxy) is 1. The minimum absolute atomic E-state index is 0.219. The Kier molecular flexibility index (Phi) is 7.25. The highest BCUT2D eigenvalue weighted by atomic mass is 16.5. The molecule has 2 aromatic carbocycles. The molecule has 2 heterocycles. The first-order valence-corrected chi connectivity index (χ1v) is 10.9. The number of hydrogen-bond donors (Lipinski definition) is 1. The van der Waals surface area contributed by atoms with Crippen LogP contribution in [-0.2, 0) is 13.1 Å². The third-order valence-corrected chi connectivity index (χ3v) is 5.74. The number of hydrogen-bond acceptors (Lipinski definition) is 6. The summed E-state index contributed by atoms with van der Waals surface area (Å²) in [4.78, 5) is 13.2. The standard InChI is InChI=1S/C25H30N4O2/c1-20-3-5-22(6-4-20)18-29-15-14-28(19-23(29)11-16-30)17-21-7-9-24(10-8-21)31-25-26-12-2-13-27-25/h2-10,12-13,23,30H,11,14-19H2,1H3. The average molecular weight is 419 g/mol. The molecule has 162 valence electrons. The summed E-state index contributed by atoms with van der Waals surface area (Å²) in [5, 5.41) is 9.60. The number of aryl methyl sites for hydroxylation is 1. The molecule has 1 atom stereocenters. The Labute approximate surface area is 184 Å². The van der Waals surface area contributed by atoms with Crippen LogP contribution < -0.4 is 4.74 Å². The van der Waals surface area contributed by atoms with Gasteiger partial charge in [0, 0.05) is 57.8 Å². The fraction of sp³-hybridized carbons (Fsp3) is 0.360. The van der Waals surface area contributed by atoms with Crippen LogP contribution in [0.2, 0.25) is 0 Å². The molecule has 0 amide bonds. The monoisotopic (exact) mass is 418 g/mol. The topological polar surface area (TPSA) is 61.7 Å². The van der Waals surface area contributed by atoms with Gasteiger partial charge in [-0.2, -0.15) is 0 Å². The molecule has 3 aromatic rings. The predicted octanol–water partition coefficient (Wildman–Crippen LogP) is 3.65. The number of nitrogens with zero attached hydrogens (tertiary/aromatic N) is 4. The molecule has 1 aliphatic rings. The number of aromatic nitrogens is 2. The highest BCUT2D eigenvalue weighted by Gasteiger charge is 2.26. The number of benzene rings is 2. The van der Waals surface area contributed by atoms with Gasteiger partial charge in [0.15, 0.2) is 0 Å². The van der Waals surface area contributed by atoms with Gasteiger partial charge in [0.2, 0.25) is 0 Å². The smallest absolute Gasteiger partial charge is 0.321 e. The van der Waals surface area contributed by atoms with E-state index < -0.39 is 0 Å². The van der Waals surface area contributed by atoms with E-state index in [-0.39, 0.29) is 6.61 Å². The quantitative estimate of drug-likeness (QED) is 0.603. The Morgan fingerprint density at radius 3 is 2.32 bits per heavy atom. The maximum absolute atomic E-state index is 9.60. The second-order valence-electron chi connectivity index (χ2n) is 8.13. The van der Waals surface area contributed by atoms with Gasteiger partial charge in [0.1, 0.15) is 5.75 Å². The highest BCUT2D eigenvalue weighted by Crippen LogP contribution is 2.21. The summed E-state index contributed by atoms with van der Waals surface area (Å²) in [6.45, 7) is 7.15. The van der Waals surface area contributed by atoms with Crippen molar-refractivity contribution in [1.82, 2.24) is 19.8 Å². The molecular formula is C25H30N4O2. The summed E-state index contributed by atoms with van der Waals surface area (Å²) >= 11 is 0. The number of piperazine rings is 1. The molecule has 6 heteroatoms. The molecular weight excluding hydrogens is 388 g/mol. The second kappa shape index (κ2) is 10.5. The van der Waals surface area contributed by atoms with Crippen molar-refractivity contribution < 1.29 is 9.84 Å². The summed E-state index contributed by atoms with van der Waals surface area (Å²) in [5.74, 6) is 0.732. The summed E-state index contributed by atoms with van der Waals surface area (Å²) in [7, 11) is 0. The van der Waals surface area contributed by atoms with Gasteiger partial charge in [-0.05, 0) is 42.7 Å². The van der Waals surface area contributed by atoms with E-state index in [4.69, 9.17) is 4.74 Å². The van der Waals surface area contributed by atoms with Crippen LogP contribution >= 0.6 is 0 Å². The number of rotatable bonds is 8. The Morgan fingerprint density at radius 2 is 1.61 bits per heavy atom. The molecule has 0 bridgehead atoms. The fourth-order valence-corrected chi connectivity index (χ4v) is 4.02. The summed E-state index contributed by atoms with van der Waals surface area (Å²) in [6.07, 6.45) is 4.13. The van der Waals surface area contributed by atoms with Gasteiger partial charge in [-0.1, -0.05) is 42.0 Å². The lowest BCUT2D eigenvalue weighted by Crippen LogP contribution is -2.52. The van der Waals surface area contributed by atoms with Gasteiger partial charge >= 0.3 is 6.01 Å².